The number of rotatable bonds is 7. The average molecular weight is 369 g/mol. The Hall–Kier alpha value is -2.14. The molecule has 0 aliphatic carbocycles. The molecule has 1 aromatic carbocycles. The third-order valence-electron chi connectivity index (χ3n) is 6.03. The van der Waals surface area contributed by atoms with E-state index in [-0.39, 0.29) is 18.0 Å². The highest BCUT2D eigenvalue weighted by atomic mass is 16.6. The highest BCUT2D eigenvalue weighted by molar-refractivity contribution is 6.03. The van der Waals surface area contributed by atoms with Gasteiger partial charge in [0.25, 0.3) is 0 Å². The van der Waals surface area contributed by atoms with Crippen molar-refractivity contribution >= 4 is 17.6 Å². The summed E-state index contributed by atoms with van der Waals surface area (Å²) in [5, 5.41) is 0. The van der Waals surface area contributed by atoms with E-state index in [1.54, 1.807) is 4.90 Å². The summed E-state index contributed by atoms with van der Waals surface area (Å²) >= 11 is 0. The maximum Gasteiger partial charge on any atom is 0.312 e. The molecule has 3 aliphatic rings. The summed E-state index contributed by atoms with van der Waals surface area (Å²) in [4.78, 5) is 27.9. The predicted molar refractivity (Wildman–Crippen MR) is 102 cm³/mol. The van der Waals surface area contributed by atoms with Crippen molar-refractivity contribution in [2.45, 2.75) is 51.2 Å². The minimum Gasteiger partial charge on any atom is -0.465 e. The number of para-hydroxylation sites is 1. The zero-order valence-electron chi connectivity index (χ0n) is 16.0. The third-order valence-corrected chi connectivity index (χ3v) is 6.03. The fraction of sp³-hybridized carbons (Fsp3) is 0.545. The smallest absolute Gasteiger partial charge is 0.312 e. The highest BCUT2D eigenvalue weighted by Gasteiger charge is 2.67. The Labute approximate surface area is 160 Å². The van der Waals surface area contributed by atoms with Crippen LogP contribution in [-0.2, 0) is 25.5 Å². The summed E-state index contributed by atoms with van der Waals surface area (Å²) < 4.78 is 11.7. The highest BCUT2D eigenvalue weighted by Crippen LogP contribution is 2.53. The van der Waals surface area contributed by atoms with Crippen LogP contribution in [-0.4, -0.2) is 36.7 Å². The fourth-order valence-corrected chi connectivity index (χ4v) is 4.67. The van der Waals surface area contributed by atoms with Gasteiger partial charge in [-0.1, -0.05) is 57.0 Å². The van der Waals surface area contributed by atoms with E-state index < -0.39 is 17.4 Å². The Kier molecular flexibility index (Phi) is 4.81. The molecule has 4 rings (SSSR count). The lowest BCUT2D eigenvalue weighted by atomic mass is 9.77. The molecular formula is C22H27NO4. The van der Waals surface area contributed by atoms with Gasteiger partial charge in [-0.2, -0.15) is 0 Å². The lowest BCUT2D eigenvalue weighted by Crippen LogP contribution is -2.40. The Morgan fingerprint density at radius 2 is 2.11 bits per heavy atom. The normalized spacial score (nSPS) is 30.8. The van der Waals surface area contributed by atoms with Crippen LogP contribution >= 0.6 is 0 Å². The number of benzene rings is 1. The quantitative estimate of drug-likeness (QED) is 0.420. The molecule has 5 heteroatoms. The summed E-state index contributed by atoms with van der Waals surface area (Å²) in [7, 11) is 0. The average Bonchev–Trinajstić information content (AvgIpc) is 3.33. The van der Waals surface area contributed by atoms with Crippen molar-refractivity contribution in [3.8, 4) is 0 Å². The van der Waals surface area contributed by atoms with Gasteiger partial charge in [-0.05, 0) is 24.5 Å². The SMILES string of the molecule is CCCCCOC(=O)[C@H]1[C@H]2C=C[C@@]3(CN(c4ccccc4CC)C(=O)[C@@H]13)O2. The van der Waals surface area contributed by atoms with Crippen LogP contribution in [0.2, 0.25) is 0 Å². The van der Waals surface area contributed by atoms with Gasteiger partial charge in [0, 0.05) is 5.69 Å². The van der Waals surface area contributed by atoms with Crippen LogP contribution in [0.5, 0.6) is 0 Å². The van der Waals surface area contributed by atoms with Gasteiger partial charge in [0.15, 0.2) is 0 Å². The van der Waals surface area contributed by atoms with E-state index in [1.165, 1.54) is 0 Å². The van der Waals surface area contributed by atoms with Crippen molar-refractivity contribution < 1.29 is 19.1 Å². The molecular weight excluding hydrogens is 342 g/mol. The number of carbonyl (C=O) groups is 2. The summed E-state index contributed by atoms with van der Waals surface area (Å²) in [6, 6.07) is 7.95. The summed E-state index contributed by atoms with van der Waals surface area (Å²) in [5.74, 6) is -1.36. The van der Waals surface area contributed by atoms with E-state index >= 15 is 0 Å². The summed E-state index contributed by atoms with van der Waals surface area (Å²) in [6.07, 6.45) is 7.38. The van der Waals surface area contributed by atoms with Gasteiger partial charge in [-0.15, -0.1) is 0 Å². The van der Waals surface area contributed by atoms with Gasteiger partial charge in [0.05, 0.1) is 25.2 Å². The molecule has 2 fully saturated rings. The molecule has 0 radical (unpaired) electrons. The van der Waals surface area contributed by atoms with Crippen molar-refractivity contribution in [1.29, 1.82) is 0 Å². The van der Waals surface area contributed by atoms with Gasteiger partial charge in [0.2, 0.25) is 5.91 Å². The molecule has 0 aromatic heterocycles. The maximum absolute atomic E-state index is 13.3. The second kappa shape index (κ2) is 7.12. The molecule has 0 N–H and O–H groups in total. The van der Waals surface area contributed by atoms with E-state index in [1.807, 2.05) is 36.4 Å². The number of hydrogen-bond donors (Lipinski definition) is 0. The number of esters is 1. The number of hydrogen-bond acceptors (Lipinski definition) is 4. The van der Waals surface area contributed by atoms with Gasteiger partial charge in [-0.25, -0.2) is 0 Å². The van der Waals surface area contributed by atoms with Crippen molar-refractivity contribution in [3.05, 3.63) is 42.0 Å². The first-order valence-corrected chi connectivity index (χ1v) is 10.0. The predicted octanol–water partition coefficient (Wildman–Crippen LogP) is 3.27. The minimum absolute atomic E-state index is 0.0294. The molecule has 3 aliphatic heterocycles. The lowest BCUT2D eigenvalue weighted by molar-refractivity contribution is -0.152. The zero-order chi connectivity index (χ0) is 19.0. The standard InChI is InChI=1S/C22H27NO4/c1-3-5-8-13-26-21(25)18-17-11-12-22(27-17)14-23(20(24)19(18)22)16-10-7-6-9-15(16)4-2/h6-7,9-12,17-19H,3-5,8,13-14H2,1-2H3/t17-,18+,19-,22+/m1/s1. The van der Waals surface area contributed by atoms with Crippen LogP contribution in [0.1, 0.15) is 38.7 Å². The minimum atomic E-state index is -0.699. The molecule has 27 heavy (non-hydrogen) atoms. The third kappa shape index (κ3) is 2.89. The van der Waals surface area contributed by atoms with E-state index in [9.17, 15) is 9.59 Å². The van der Waals surface area contributed by atoms with Gasteiger partial charge in [0.1, 0.15) is 11.5 Å². The molecule has 1 spiro atoms. The number of ether oxygens (including phenoxy) is 2. The van der Waals surface area contributed by atoms with Crippen LogP contribution in [0.3, 0.4) is 0 Å². The molecule has 1 aromatic rings. The topological polar surface area (TPSA) is 55.8 Å². The fourth-order valence-electron chi connectivity index (χ4n) is 4.67. The second-order valence-electron chi connectivity index (χ2n) is 7.68. The van der Waals surface area contributed by atoms with Crippen LogP contribution in [0, 0.1) is 11.8 Å². The van der Waals surface area contributed by atoms with Crippen LogP contribution in [0.15, 0.2) is 36.4 Å². The zero-order valence-corrected chi connectivity index (χ0v) is 16.0. The van der Waals surface area contributed by atoms with Crippen LogP contribution in [0.25, 0.3) is 0 Å². The van der Waals surface area contributed by atoms with Gasteiger partial charge >= 0.3 is 5.97 Å². The molecule has 144 valence electrons. The van der Waals surface area contributed by atoms with Gasteiger partial charge in [-0.3, -0.25) is 9.59 Å². The molecule has 0 unspecified atom stereocenters. The number of nitrogens with zero attached hydrogens (tertiary/aromatic N) is 1. The number of aryl methyl sites for hydroxylation is 1. The molecule has 3 heterocycles. The molecule has 2 bridgehead atoms. The Balaban J connectivity index is 1.57. The Morgan fingerprint density at radius 3 is 2.89 bits per heavy atom. The number of anilines is 1. The molecule has 2 saturated heterocycles. The number of fused-ring (bicyclic) bond motifs is 1. The second-order valence-corrected chi connectivity index (χ2v) is 7.68. The number of carbonyl (C=O) groups excluding carboxylic acids is 2. The van der Waals surface area contributed by atoms with Crippen LogP contribution < -0.4 is 4.90 Å². The van der Waals surface area contributed by atoms with E-state index in [0.29, 0.717) is 13.2 Å². The first-order chi connectivity index (χ1) is 13.1. The van der Waals surface area contributed by atoms with Crippen molar-refractivity contribution in [2.75, 3.05) is 18.1 Å². The Bertz CT molecular complexity index is 773. The molecule has 0 saturated carbocycles. The molecule has 4 atom stereocenters. The van der Waals surface area contributed by atoms with E-state index in [4.69, 9.17) is 9.47 Å². The summed E-state index contributed by atoms with van der Waals surface area (Å²) in [5.41, 5.74) is 1.35. The first-order valence-electron chi connectivity index (χ1n) is 10.0. The number of amides is 1. The van der Waals surface area contributed by atoms with Crippen LogP contribution in [0.4, 0.5) is 5.69 Å². The van der Waals surface area contributed by atoms with Crippen molar-refractivity contribution in [3.63, 3.8) is 0 Å². The van der Waals surface area contributed by atoms with Crippen molar-refractivity contribution in [1.82, 2.24) is 0 Å². The van der Waals surface area contributed by atoms with Gasteiger partial charge < -0.3 is 14.4 Å². The van der Waals surface area contributed by atoms with Crippen molar-refractivity contribution in [2.24, 2.45) is 11.8 Å². The molecule has 1 amide bonds. The first kappa shape index (κ1) is 18.2. The Morgan fingerprint density at radius 1 is 1.30 bits per heavy atom. The maximum atomic E-state index is 13.3. The largest absolute Gasteiger partial charge is 0.465 e. The van der Waals surface area contributed by atoms with E-state index in [0.717, 1.165) is 36.9 Å². The summed E-state index contributed by atoms with van der Waals surface area (Å²) in [6.45, 7) is 5.06. The monoisotopic (exact) mass is 369 g/mol. The number of unbranched alkanes of at least 4 members (excludes halogenated alkanes) is 2. The molecule has 5 nitrogen and oxygen atoms in total. The van der Waals surface area contributed by atoms with E-state index in [2.05, 4.69) is 13.8 Å². The lowest BCUT2D eigenvalue weighted by Gasteiger charge is -2.23.